The zero-order valence-electron chi connectivity index (χ0n) is 16.1. The first-order valence-corrected chi connectivity index (χ1v) is 11.6. The average molecular weight is 487 g/mol. The summed E-state index contributed by atoms with van der Waals surface area (Å²) in [6, 6.07) is 13.6. The van der Waals surface area contributed by atoms with Gasteiger partial charge in [0.05, 0.1) is 11.3 Å². The van der Waals surface area contributed by atoms with Crippen LogP contribution in [0.15, 0.2) is 57.8 Å². The highest BCUT2D eigenvalue weighted by Crippen LogP contribution is 2.27. The van der Waals surface area contributed by atoms with Gasteiger partial charge in [-0.3, -0.25) is 9.36 Å². The van der Waals surface area contributed by atoms with Crippen LogP contribution in [-0.2, 0) is 0 Å². The van der Waals surface area contributed by atoms with E-state index in [1.807, 2.05) is 23.9 Å². The summed E-state index contributed by atoms with van der Waals surface area (Å²) in [5, 5.41) is 11.2. The monoisotopic (exact) mass is 486 g/mol. The van der Waals surface area contributed by atoms with Crippen molar-refractivity contribution in [3.63, 3.8) is 0 Å². The van der Waals surface area contributed by atoms with Crippen LogP contribution < -0.4 is 10.9 Å². The predicted molar refractivity (Wildman–Crippen MR) is 125 cm³/mol. The van der Waals surface area contributed by atoms with Crippen LogP contribution in [0.4, 0.5) is 10.2 Å². The van der Waals surface area contributed by atoms with Gasteiger partial charge in [-0.15, -0.1) is 0 Å². The van der Waals surface area contributed by atoms with Gasteiger partial charge in [0, 0.05) is 16.7 Å². The summed E-state index contributed by atoms with van der Waals surface area (Å²) < 4.78 is 16.9. The first kappa shape index (κ1) is 20.8. The second-order valence-corrected chi connectivity index (χ2v) is 9.11. The van der Waals surface area contributed by atoms with Gasteiger partial charge >= 0.3 is 0 Å². The van der Waals surface area contributed by atoms with Crippen LogP contribution in [0.5, 0.6) is 0 Å². The summed E-state index contributed by atoms with van der Waals surface area (Å²) in [6.45, 7) is 0. The molecule has 0 amide bonds. The highest BCUT2D eigenvalue weighted by Gasteiger charge is 2.22. The Labute approximate surface area is 186 Å². The third-order valence-corrected chi connectivity index (χ3v) is 6.60. The summed E-state index contributed by atoms with van der Waals surface area (Å²) in [6.07, 6.45) is 2.93. The van der Waals surface area contributed by atoms with Crippen molar-refractivity contribution >= 4 is 39.7 Å². The van der Waals surface area contributed by atoms with E-state index in [9.17, 15) is 9.18 Å². The molecular weight excluding hydrogens is 467 g/mol. The molecule has 0 atom stereocenters. The number of nitrogens with one attached hydrogen (secondary N) is 2. The second-order valence-electron chi connectivity index (χ2n) is 6.97. The van der Waals surface area contributed by atoms with Gasteiger partial charge in [0.1, 0.15) is 17.2 Å². The number of aromatic nitrogens is 2. The first-order valence-electron chi connectivity index (χ1n) is 9.61. The minimum absolute atomic E-state index is 0.163. The first-order chi connectivity index (χ1) is 14.6. The van der Waals surface area contributed by atoms with Crippen LogP contribution in [0.3, 0.4) is 0 Å². The minimum atomic E-state index is -0.460. The maximum absolute atomic E-state index is 14.7. The number of hydrogen-bond donors (Lipinski definition) is 2. The molecule has 8 heteroatoms. The third-order valence-electron chi connectivity index (χ3n) is 5.02. The van der Waals surface area contributed by atoms with E-state index in [2.05, 4.69) is 26.2 Å². The number of halogens is 2. The predicted octanol–water partition coefficient (Wildman–Crippen LogP) is 5.11. The van der Waals surface area contributed by atoms with E-state index in [1.54, 1.807) is 30.3 Å². The van der Waals surface area contributed by atoms with Crippen LogP contribution >= 0.6 is 27.7 Å². The molecule has 0 aliphatic carbocycles. The van der Waals surface area contributed by atoms with Gasteiger partial charge in [-0.05, 0) is 60.7 Å². The molecule has 2 N–H and O–H groups in total. The number of anilines is 1. The molecule has 2 heterocycles. The molecule has 1 aliphatic rings. The van der Waals surface area contributed by atoms with Gasteiger partial charge in [0.15, 0.2) is 5.82 Å². The van der Waals surface area contributed by atoms with Gasteiger partial charge < -0.3 is 10.7 Å². The molecular formula is C22H20BrFN4OS. The standard InChI is InChI=1S/C22H20BrFN4OS/c23-14-5-7-16(8-6-14)28-21(17-3-1-2-4-19(17)24)27-20(18(13-25)22(28)29)26-15-9-11-30-12-10-15/h1-8,13,15,25-26H,9-12H2. The molecule has 0 spiro atoms. The fourth-order valence-corrected chi connectivity index (χ4v) is 4.83. The number of thioether (sulfide) groups is 1. The summed E-state index contributed by atoms with van der Waals surface area (Å²) in [4.78, 5) is 18.1. The highest BCUT2D eigenvalue weighted by atomic mass is 79.9. The lowest BCUT2D eigenvalue weighted by Crippen LogP contribution is -2.31. The molecule has 1 aromatic heterocycles. The highest BCUT2D eigenvalue weighted by molar-refractivity contribution is 9.10. The van der Waals surface area contributed by atoms with Gasteiger partial charge in [0.25, 0.3) is 5.56 Å². The van der Waals surface area contributed by atoms with E-state index in [0.29, 0.717) is 11.5 Å². The van der Waals surface area contributed by atoms with E-state index < -0.39 is 11.4 Å². The minimum Gasteiger partial charge on any atom is -0.366 e. The number of rotatable bonds is 5. The lowest BCUT2D eigenvalue weighted by molar-refractivity contribution is 0.628. The van der Waals surface area contributed by atoms with Crippen molar-refractivity contribution in [2.24, 2.45) is 0 Å². The van der Waals surface area contributed by atoms with Gasteiger partial charge in [-0.2, -0.15) is 11.8 Å². The SMILES string of the molecule is N=Cc1c(NC2CCSCC2)nc(-c2ccccc2F)n(-c2ccc(Br)cc2)c1=O. The molecule has 0 radical (unpaired) electrons. The average Bonchev–Trinajstić information content (AvgIpc) is 2.76. The maximum Gasteiger partial charge on any atom is 0.269 e. The van der Waals surface area contributed by atoms with E-state index >= 15 is 0 Å². The van der Waals surface area contributed by atoms with E-state index in [-0.39, 0.29) is 23.0 Å². The van der Waals surface area contributed by atoms with Crippen LogP contribution in [0.2, 0.25) is 0 Å². The van der Waals surface area contributed by atoms with Crippen LogP contribution in [0.25, 0.3) is 17.1 Å². The Hall–Kier alpha value is -2.45. The fourth-order valence-electron chi connectivity index (χ4n) is 3.46. The molecule has 2 aromatic carbocycles. The Kier molecular flexibility index (Phi) is 6.34. The van der Waals surface area contributed by atoms with Crippen molar-refractivity contribution in [1.29, 1.82) is 5.41 Å². The zero-order chi connectivity index (χ0) is 21.1. The number of nitrogens with zero attached hydrogens (tertiary/aromatic N) is 2. The molecule has 1 aliphatic heterocycles. The Morgan fingerprint density at radius 2 is 1.87 bits per heavy atom. The van der Waals surface area contributed by atoms with Crippen molar-refractivity contribution in [2.45, 2.75) is 18.9 Å². The van der Waals surface area contributed by atoms with E-state index in [0.717, 1.165) is 35.0 Å². The topological polar surface area (TPSA) is 70.8 Å². The molecule has 0 bridgehead atoms. The number of hydrogen-bond acceptors (Lipinski definition) is 5. The molecule has 5 nitrogen and oxygen atoms in total. The molecule has 3 aromatic rings. The van der Waals surface area contributed by atoms with Gasteiger partial charge in [0.2, 0.25) is 0 Å². The molecule has 30 heavy (non-hydrogen) atoms. The Morgan fingerprint density at radius 3 is 2.53 bits per heavy atom. The second kappa shape index (κ2) is 9.14. The van der Waals surface area contributed by atoms with E-state index in [4.69, 9.17) is 5.41 Å². The molecule has 4 rings (SSSR count). The van der Waals surface area contributed by atoms with Crippen LogP contribution in [-0.4, -0.2) is 33.3 Å². The quantitative estimate of drug-likeness (QED) is 0.491. The molecule has 0 unspecified atom stereocenters. The summed E-state index contributed by atoms with van der Waals surface area (Å²) >= 11 is 5.30. The molecule has 0 saturated carbocycles. The summed E-state index contributed by atoms with van der Waals surface area (Å²) in [5.41, 5.74) is 0.540. The third kappa shape index (κ3) is 4.20. The van der Waals surface area contributed by atoms with E-state index in [1.165, 1.54) is 10.6 Å². The normalized spacial score (nSPS) is 14.5. The molecule has 1 fully saturated rings. The van der Waals surface area contributed by atoms with Gasteiger partial charge in [-0.1, -0.05) is 28.1 Å². The van der Waals surface area contributed by atoms with Crippen molar-refractivity contribution in [1.82, 2.24) is 9.55 Å². The van der Waals surface area contributed by atoms with Crippen molar-refractivity contribution in [3.8, 4) is 17.1 Å². The molecule has 1 saturated heterocycles. The van der Waals surface area contributed by atoms with Crippen molar-refractivity contribution < 1.29 is 4.39 Å². The number of benzene rings is 2. The Morgan fingerprint density at radius 1 is 1.17 bits per heavy atom. The summed E-state index contributed by atoms with van der Waals surface area (Å²) in [7, 11) is 0. The molecule has 154 valence electrons. The Balaban J connectivity index is 1.94. The van der Waals surface area contributed by atoms with Crippen molar-refractivity contribution in [3.05, 3.63) is 74.7 Å². The van der Waals surface area contributed by atoms with Crippen molar-refractivity contribution in [2.75, 3.05) is 16.8 Å². The lowest BCUT2D eigenvalue weighted by Gasteiger charge is -2.25. The van der Waals surface area contributed by atoms with Crippen LogP contribution in [0, 0.1) is 11.2 Å². The smallest absolute Gasteiger partial charge is 0.269 e. The maximum atomic E-state index is 14.7. The lowest BCUT2D eigenvalue weighted by atomic mass is 10.1. The van der Waals surface area contributed by atoms with Crippen LogP contribution in [0.1, 0.15) is 18.4 Å². The van der Waals surface area contributed by atoms with Gasteiger partial charge in [-0.25, -0.2) is 9.37 Å². The largest absolute Gasteiger partial charge is 0.366 e. The Bertz CT molecular complexity index is 1130. The fraction of sp³-hybridized carbons (Fsp3) is 0.227. The summed E-state index contributed by atoms with van der Waals surface area (Å²) in [5.74, 6) is 2.15. The zero-order valence-corrected chi connectivity index (χ0v) is 18.5.